The van der Waals surface area contributed by atoms with E-state index in [0.717, 1.165) is 57.1 Å². The molecule has 1 aromatic carbocycles. The molecule has 0 spiro atoms. The van der Waals surface area contributed by atoms with Gasteiger partial charge in [0.1, 0.15) is 5.82 Å². The Balaban J connectivity index is 1.35. The summed E-state index contributed by atoms with van der Waals surface area (Å²) in [5, 5.41) is 3.66. The molecule has 1 saturated heterocycles. The molecule has 0 atom stereocenters. The SMILES string of the molecule is CCc1nccn1CCN1CCN(CC(=O)NCc2ccccc2Cl)CC1. The highest BCUT2D eigenvalue weighted by molar-refractivity contribution is 6.31. The molecule has 1 N–H and O–H groups in total. The first-order valence-corrected chi connectivity index (χ1v) is 9.98. The van der Waals surface area contributed by atoms with Crippen LogP contribution in [0.25, 0.3) is 0 Å². The van der Waals surface area contributed by atoms with E-state index in [1.165, 1.54) is 0 Å². The van der Waals surface area contributed by atoms with Gasteiger partial charge in [-0.05, 0) is 11.6 Å². The average molecular weight is 390 g/mol. The van der Waals surface area contributed by atoms with Crippen molar-refractivity contribution >= 4 is 17.5 Å². The molecule has 27 heavy (non-hydrogen) atoms. The van der Waals surface area contributed by atoms with Gasteiger partial charge in [-0.3, -0.25) is 14.6 Å². The molecule has 1 fully saturated rings. The minimum absolute atomic E-state index is 0.0503. The maximum absolute atomic E-state index is 12.2. The molecule has 2 aromatic rings. The van der Waals surface area contributed by atoms with Gasteiger partial charge < -0.3 is 9.88 Å². The maximum atomic E-state index is 12.2. The van der Waals surface area contributed by atoms with Crippen molar-refractivity contribution in [2.24, 2.45) is 0 Å². The topological polar surface area (TPSA) is 53.4 Å². The minimum atomic E-state index is 0.0503. The van der Waals surface area contributed by atoms with E-state index in [1.54, 1.807) is 0 Å². The Bertz CT molecular complexity index is 739. The van der Waals surface area contributed by atoms with Crippen LogP contribution < -0.4 is 5.32 Å². The van der Waals surface area contributed by atoms with Crippen LogP contribution in [0.3, 0.4) is 0 Å². The van der Waals surface area contributed by atoms with E-state index in [-0.39, 0.29) is 5.91 Å². The van der Waals surface area contributed by atoms with Crippen molar-refractivity contribution in [1.82, 2.24) is 24.7 Å². The van der Waals surface area contributed by atoms with Crippen LogP contribution in [0.4, 0.5) is 0 Å². The molecule has 0 unspecified atom stereocenters. The van der Waals surface area contributed by atoms with Gasteiger partial charge in [0.15, 0.2) is 0 Å². The molecule has 1 aromatic heterocycles. The van der Waals surface area contributed by atoms with Crippen LogP contribution in [0.1, 0.15) is 18.3 Å². The Morgan fingerprint density at radius 3 is 2.63 bits per heavy atom. The second-order valence-corrected chi connectivity index (χ2v) is 7.28. The summed E-state index contributed by atoms with van der Waals surface area (Å²) in [7, 11) is 0. The summed E-state index contributed by atoms with van der Waals surface area (Å²) in [6, 6.07) is 7.60. The zero-order chi connectivity index (χ0) is 19.1. The van der Waals surface area contributed by atoms with E-state index in [2.05, 4.69) is 37.8 Å². The van der Waals surface area contributed by atoms with E-state index in [0.29, 0.717) is 18.1 Å². The monoisotopic (exact) mass is 389 g/mol. The number of carbonyl (C=O) groups excluding carboxylic acids is 1. The number of imidazole rings is 1. The Labute approximate surface area is 166 Å². The number of rotatable bonds is 8. The molecule has 1 amide bonds. The number of nitrogens with one attached hydrogen (secondary N) is 1. The normalized spacial score (nSPS) is 15.8. The van der Waals surface area contributed by atoms with Crippen molar-refractivity contribution in [1.29, 1.82) is 0 Å². The van der Waals surface area contributed by atoms with E-state index in [4.69, 9.17) is 11.6 Å². The van der Waals surface area contributed by atoms with Gasteiger partial charge in [0.25, 0.3) is 0 Å². The van der Waals surface area contributed by atoms with Crippen LogP contribution in [0, 0.1) is 0 Å². The number of hydrogen-bond acceptors (Lipinski definition) is 4. The van der Waals surface area contributed by atoms with Gasteiger partial charge in [0, 0.05) is 69.7 Å². The Morgan fingerprint density at radius 1 is 1.15 bits per heavy atom. The van der Waals surface area contributed by atoms with Crippen molar-refractivity contribution in [3.63, 3.8) is 0 Å². The fraction of sp³-hybridized carbons (Fsp3) is 0.500. The fourth-order valence-electron chi connectivity index (χ4n) is 3.37. The lowest BCUT2D eigenvalue weighted by molar-refractivity contribution is -0.122. The number of piperazine rings is 1. The summed E-state index contributed by atoms with van der Waals surface area (Å²) in [5.74, 6) is 1.19. The molecule has 2 heterocycles. The van der Waals surface area contributed by atoms with E-state index < -0.39 is 0 Å². The summed E-state index contributed by atoms with van der Waals surface area (Å²) < 4.78 is 2.23. The standard InChI is InChI=1S/C20H28ClN5O/c1-2-19-22-7-8-26(19)14-13-24-9-11-25(12-10-24)16-20(27)23-15-17-5-3-4-6-18(17)21/h3-8H,2,9-16H2,1H3,(H,23,27). The predicted octanol–water partition coefficient (Wildman–Crippen LogP) is 2.03. The third-order valence-corrected chi connectivity index (χ3v) is 5.41. The van der Waals surface area contributed by atoms with Gasteiger partial charge in [-0.25, -0.2) is 4.98 Å². The number of aryl methyl sites for hydroxylation is 1. The van der Waals surface area contributed by atoms with Crippen molar-refractivity contribution < 1.29 is 4.79 Å². The van der Waals surface area contributed by atoms with Crippen LogP contribution in [-0.2, 0) is 24.3 Å². The predicted molar refractivity (Wildman–Crippen MR) is 108 cm³/mol. The average Bonchev–Trinajstić information content (AvgIpc) is 3.14. The van der Waals surface area contributed by atoms with Crippen LogP contribution >= 0.6 is 11.6 Å². The zero-order valence-corrected chi connectivity index (χ0v) is 16.7. The second kappa shape index (κ2) is 9.88. The van der Waals surface area contributed by atoms with Crippen molar-refractivity contribution in [3.8, 4) is 0 Å². The highest BCUT2D eigenvalue weighted by Crippen LogP contribution is 2.14. The molecule has 6 nitrogen and oxygen atoms in total. The van der Waals surface area contributed by atoms with E-state index in [9.17, 15) is 4.79 Å². The minimum Gasteiger partial charge on any atom is -0.351 e. The molecule has 1 aliphatic rings. The van der Waals surface area contributed by atoms with Crippen molar-refractivity contribution in [2.75, 3.05) is 39.3 Å². The number of hydrogen-bond donors (Lipinski definition) is 1. The van der Waals surface area contributed by atoms with Gasteiger partial charge >= 0.3 is 0 Å². The van der Waals surface area contributed by atoms with Crippen molar-refractivity contribution in [3.05, 3.63) is 53.1 Å². The molecule has 7 heteroatoms. The van der Waals surface area contributed by atoms with Gasteiger partial charge in [-0.15, -0.1) is 0 Å². The van der Waals surface area contributed by atoms with Crippen LogP contribution in [0.15, 0.2) is 36.7 Å². The molecular weight excluding hydrogens is 362 g/mol. The first-order chi connectivity index (χ1) is 13.2. The lowest BCUT2D eigenvalue weighted by Gasteiger charge is -2.34. The number of nitrogens with zero attached hydrogens (tertiary/aromatic N) is 4. The summed E-state index contributed by atoms with van der Waals surface area (Å²) in [6.07, 6.45) is 4.89. The first kappa shape index (κ1) is 19.9. The molecule has 0 bridgehead atoms. The van der Waals surface area contributed by atoms with Crippen LogP contribution in [0.2, 0.25) is 5.02 Å². The van der Waals surface area contributed by atoms with Gasteiger partial charge in [-0.1, -0.05) is 36.7 Å². The third kappa shape index (κ3) is 5.79. The number of amides is 1. The molecule has 0 saturated carbocycles. The Kier molecular flexibility index (Phi) is 7.26. The third-order valence-electron chi connectivity index (χ3n) is 5.04. The first-order valence-electron chi connectivity index (χ1n) is 9.60. The fourth-order valence-corrected chi connectivity index (χ4v) is 3.58. The van der Waals surface area contributed by atoms with E-state index in [1.807, 2.05) is 30.5 Å². The smallest absolute Gasteiger partial charge is 0.234 e. The van der Waals surface area contributed by atoms with Crippen molar-refractivity contribution in [2.45, 2.75) is 26.4 Å². The van der Waals surface area contributed by atoms with Crippen LogP contribution in [-0.4, -0.2) is 64.5 Å². The molecule has 0 aliphatic carbocycles. The quantitative estimate of drug-likeness (QED) is 0.750. The lowest BCUT2D eigenvalue weighted by Crippen LogP contribution is -2.49. The molecule has 0 radical (unpaired) electrons. The number of halogens is 1. The number of benzene rings is 1. The summed E-state index contributed by atoms with van der Waals surface area (Å²) >= 11 is 6.13. The number of carbonyl (C=O) groups is 1. The van der Waals surface area contributed by atoms with E-state index >= 15 is 0 Å². The second-order valence-electron chi connectivity index (χ2n) is 6.88. The van der Waals surface area contributed by atoms with Gasteiger partial charge in [0.05, 0.1) is 6.54 Å². The molecule has 1 aliphatic heterocycles. The Hall–Kier alpha value is -1.89. The zero-order valence-electron chi connectivity index (χ0n) is 15.9. The van der Waals surface area contributed by atoms with Crippen LogP contribution in [0.5, 0.6) is 0 Å². The highest BCUT2D eigenvalue weighted by Gasteiger charge is 2.19. The lowest BCUT2D eigenvalue weighted by atomic mass is 10.2. The summed E-state index contributed by atoms with van der Waals surface area (Å²) in [6.45, 7) is 8.88. The number of aromatic nitrogens is 2. The van der Waals surface area contributed by atoms with Gasteiger partial charge in [-0.2, -0.15) is 0 Å². The highest BCUT2D eigenvalue weighted by atomic mass is 35.5. The maximum Gasteiger partial charge on any atom is 0.234 e. The largest absolute Gasteiger partial charge is 0.351 e. The Morgan fingerprint density at radius 2 is 1.89 bits per heavy atom. The summed E-state index contributed by atoms with van der Waals surface area (Å²) in [5.41, 5.74) is 0.947. The molecular formula is C20H28ClN5O. The molecule has 146 valence electrons. The summed E-state index contributed by atoms with van der Waals surface area (Å²) in [4.78, 5) is 21.3. The molecule has 3 rings (SSSR count). The van der Waals surface area contributed by atoms with Gasteiger partial charge in [0.2, 0.25) is 5.91 Å².